The average molecular weight is 498 g/mol. The van der Waals surface area contributed by atoms with Crippen molar-refractivity contribution in [3.63, 3.8) is 0 Å². The molecule has 10 heteroatoms. The molecule has 3 fully saturated rings. The molecular weight excluding hydrogens is 462 g/mol. The van der Waals surface area contributed by atoms with E-state index in [1.807, 2.05) is 17.0 Å². The Morgan fingerprint density at radius 3 is 2.42 bits per heavy atom. The summed E-state index contributed by atoms with van der Waals surface area (Å²) < 4.78 is 0. The van der Waals surface area contributed by atoms with Crippen molar-refractivity contribution in [2.24, 2.45) is 5.92 Å². The van der Waals surface area contributed by atoms with Crippen LogP contribution in [0.4, 0.5) is 5.69 Å². The summed E-state index contributed by atoms with van der Waals surface area (Å²) in [5, 5.41) is 11.3. The monoisotopic (exact) mass is 497 g/mol. The number of hydrogen-bond donors (Lipinski definition) is 2. The van der Waals surface area contributed by atoms with Gasteiger partial charge in [0.05, 0.1) is 6.54 Å². The van der Waals surface area contributed by atoms with Crippen molar-refractivity contribution in [3.8, 4) is 0 Å². The zero-order valence-electron chi connectivity index (χ0n) is 20.7. The van der Waals surface area contributed by atoms with Gasteiger partial charge in [0.15, 0.2) is 0 Å². The van der Waals surface area contributed by atoms with Crippen molar-refractivity contribution >= 4 is 29.4 Å². The Morgan fingerprint density at radius 2 is 1.72 bits per heavy atom. The number of rotatable bonds is 7. The molecule has 0 saturated carbocycles. The number of imide groups is 1. The molecule has 2 N–H and O–H groups in total. The molecule has 3 saturated heterocycles. The number of carboxylic acid groups (broad SMARTS) is 1. The highest BCUT2D eigenvalue weighted by atomic mass is 16.4. The van der Waals surface area contributed by atoms with E-state index >= 15 is 0 Å². The molecule has 194 valence electrons. The van der Waals surface area contributed by atoms with Gasteiger partial charge in [0.25, 0.3) is 5.91 Å². The smallest absolute Gasteiger partial charge is 0.317 e. The minimum Gasteiger partial charge on any atom is -0.480 e. The van der Waals surface area contributed by atoms with E-state index < -0.39 is 12.0 Å². The van der Waals surface area contributed by atoms with E-state index in [0.717, 1.165) is 76.3 Å². The SMILES string of the molecule is O=C(O)CN1CCC(CCN2CCN(c3ccc4c(c3)CN(C3CCC(=O)NC3=O)C4=O)CC2)CC1. The van der Waals surface area contributed by atoms with Crippen molar-refractivity contribution in [2.75, 3.05) is 57.3 Å². The van der Waals surface area contributed by atoms with Gasteiger partial charge in [-0.15, -0.1) is 0 Å². The summed E-state index contributed by atoms with van der Waals surface area (Å²) in [6.45, 7) is 7.25. The summed E-state index contributed by atoms with van der Waals surface area (Å²) in [6, 6.07) is 5.38. The van der Waals surface area contributed by atoms with E-state index in [0.29, 0.717) is 24.4 Å². The first kappa shape index (κ1) is 24.7. The standard InChI is InChI=1S/C26H35N5O5/c32-23-4-3-22(25(35)27-23)31-16-19-15-20(1-2-21(19)26(31)36)30-13-11-28(12-14-30)8-5-18-6-9-29(10-7-18)17-24(33)34/h1-2,15,18,22H,3-14,16-17H2,(H,33,34)(H,27,32,35). The second-order valence-corrected chi connectivity index (χ2v) is 10.5. The molecule has 0 aromatic heterocycles. The van der Waals surface area contributed by atoms with Crippen LogP contribution in [0.15, 0.2) is 18.2 Å². The second-order valence-electron chi connectivity index (χ2n) is 10.5. The Morgan fingerprint density at radius 1 is 0.972 bits per heavy atom. The fourth-order valence-corrected chi connectivity index (χ4v) is 5.98. The van der Waals surface area contributed by atoms with Crippen LogP contribution in [-0.2, 0) is 20.9 Å². The lowest BCUT2D eigenvalue weighted by Gasteiger charge is -2.37. The van der Waals surface area contributed by atoms with Crippen LogP contribution in [-0.4, -0.2) is 102 Å². The van der Waals surface area contributed by atoms with Gasteiger partial charge in [0.2, 0.25) is 11.8 Å². The van der Waals surface area contributed by atoms with Gasteiger partial charge in [-0.05, 0) is 75.0 Å². The second kappa shape index (κ2) is 10.6. The Labute approximate surface area is 211 Å². The minimum atomic E-state index is -0.743. The van der Waals surface area contributed by atoms with Crippen molar-refractivity contribution in [2.45, 2.75) is 44.7 Å². The summed E-state index contributed by atoms with van der Waals surface area (Å²) in [6.07, 6.45) is 3.96. The third kappa shape index (κ3) is 5.39. The normalized spacial score (nSPS) is 24.2. The fourth-order valence-electron chi connectivity index (χ4n) is 5.98. The highest BCUT2D eigenvalue weighted by Gasteiger charge is 2.39. The van der Waals surface area contributed by atoms with Crippen LogP contribution in [0.3, 0.4) is 0 Å². The summed E-state index contributed by atoms with van der Waals surface area (Å²) >= 11 is 0. The van der Waals surface area contributed by atoms with Gasteiger partial charge in [-0.3, -0.25) is 34.3 Å². The van der Waals surface area contributed by atoms with Crippen molar-refractivity contribution < 1.29 is 24.3 Å². The van der Waals surface area contributed by atoms with Gasteiger partial charge in [-0.1, -0.05) is 0 Å². The maximum Gasteiger partial charge on any atom is 0.317 e. The zero-order chi connectivity index (χ0) is 25.2. The van der Waals surface area contributed by atoms with E-state index in [9.17, 15) is 19.2 Å². The maximum absolute atomic E-state index is 12.9. The lowest BCUT2D eigenvalue weighted by atomic mass is 9.93. The van der Waals surface area contributed by atoms with Crippen molar-refractivity contribution in [1.29, 1.82) is 0 Å². The quantitative estimate of drug-likeness (QED) is 0.531. The number of carbonyl (C=O) groups excluding carboxylic acids is 3. The molecule has 1 atom stereocenters. The molecule has 1 aromatic carbocycles. The number of carboxylic acids is 1. The molecule has 36 heavy (non-hydrogen) atoms. The van der Waals surface area contributed by atoms with Crippen molar-refractivity contribution in [1.82, 2.24) is 20.0 Å². The first-order valence-electron chi connectivity index (χ1n) is 13.1. The summed E-state index contributed by atoms with van der Waals surface area (Å²) in [5.74, 6) is -0.857. The highest BCUT2D eigenvalue weighted by molar-refractivity contribution is 6.05. The molecule has 1 aromatic rings. The van der Waals surface area contributed by atoms with Gasteiger partial charge in [0, 0.05) is 50.4 Å². The first-order valence-corrected chi connectivity index (χ1v) is 13.1. The van der Waals surface area contributed by atoms with E-state index in [1.165, 1.54) is 0 Å². The lowest BCUT2D eigenvalue weighted by molar-refractivity contribution is -0.139. The third-order valence-electron chi connectivity index (χ3n) is 8.16. The predicted octanol–water partition coefficient (Wildman–Crippen LogP) is 0.756. The lowest BCUT2D eigenvalue weighted by Crippen LogP contribution is -2.52. The molecule has 10 nitrogen and oxygen atoms in total. The number of piperazine rings is 1. The predicted molar refractivity (Wildman–Crippen MR) is 133 cm³/mol. The fraction of sp³-hybridized carbons (Fsp3) is 0.615. The summed E-state index contributed by atoms with van der Waals surface area (Å²) in [7, 11) is 0. The average Bonchev–Trinajstić information content (AvgIpc) is 3.19. The number of fused-ring (bicyclic) bond motifs is 1. The molecule has 5 rings (SSSR count). The molecular formula is C26H35N5O5. The topological polar surface area (TPSA) is 114 Å². The third-order valence-corrected chi connectivity index (χ3v) is 8.16. The van der Waals surface area contributed by atoms with Crippen molar-refractivity contribution in [3.05, 3.63) is 29.3 Å². The summed E-state index contributed by atoms with van der Waals surface area (Å²) in [4.78, 5) is 56.1. The van der Waals surface area contributed by atoms with Gasteiger partial charge in [-0.2, -0.15) is 0 Å². The van der Waals surface area contributed by atoms with Crippen LogP contribution in [0.2, 0.25) is 0 Å². The molecule has 0 aliphatic carbocycles. The number of benzene rings is 1. The molecule has 4 aliphatic rings. The van der Waals surface area contributed by atoms with Gasteiger partial charge in [0.1, 0.15) is 6.04 Å². The molecule has 4 heterocycles. The van der Waals surface area contributed by atoms with E-state index in [-0.39, 0.29) is 30.7 Å². The Bertz CT molecular complexity index is 1030. The van der Waals surface area contributed by atoms with Gasteiger partial charge >= 0.3 is 5.97 Å². The molecule has 0 radical (unpaired) electrons. The number of nitrogens with one attached hydrogen (secondary N) is 1. The maximum atomic E-state index is 12.9. The van der Waals surface area contributed by atoms with Crippen LogP contribution in [0.25, 0.3) is 0 Å². The molecule has 3 amide bonds. The number of piperidine rings is 2. The van der Waals surface area contributed by atoms with Crippen LogP contribution < -0.4 is 10.2 Å². The number of anilines is 1. The number of amides is 3. The molecule has 0 bridgehead atoms. The number of aliphatic carboxylic acids is 1. The van der Waals surface area contributed by atoms with E-state index in [1.54, 1.807) is 4.90 Å². The Balaban J connectivity index is 1.10. The van der Waals surface area contributed by atoms with Gasteiger partial charge < -0.3 is 14.9 Å². The largest absolute Gasteiger partial charge is 0.480 e. The van der Waals surface area contributed by atoms with E-state index in [4.69, 9.17) is 5.11 Å². The first-order chi connectivity index (χ1) is 17.4. The van der Waals surface area contributed by atoms with Crippen LogP contribution in [0.1, 0.15) is 48.0 Å². The molecule has 1 unspecified atom stereocenters. The van der Waals surface area contributed by atoms with Crippen LogP contribution >= 0.6 is 0 Å². The zero-order valence-corrected chi connectivity index (χ0v) is 20.7. The minimum absolute atomic E-state index is 0.135. The Hall–Kier alpha value is -2.98. The van der Waals surface area contributed by atoms with Gasteiger partial charge in [-0.25, -0.2) is 0 Å². The highest BCUT2D eigenvalue weighted by Crippen LogP contribution is 2.31. The number of hydrogen-bond acceptors (Lipinski definition) is 7. The van der Waals surface area contributed by atoms with E-state index in [2.05, 4.69) is 21.2 Å². The number of likely N-dealkylation sites (tertiary alicyclic amines) is 1. The molecule has 4 aliphatic heterocycles. The number of carbonyl (C=O) groups is 4. The molecule has 0 spiro atoms. The number of nitrogens with zero attached hydrogens (tertiary/aromatic N) is 4. The Kier molecular flexibility index (Phi) is 7.25. The van der Waals surface area contributed by atoms with Crippen LogP contribution in [0, 0.1) is 5.92 Å². The summed E-state index contributed by atoms with van der Waals surface area (Å²) in [5.41, 5.74) is 2.70. The van der Waals surface area contributed by atoms with Crippen LogP contribution in [0.5, 0.6) is 0 Å².